The molecule has 0 bridgehead atoms. The van der Waals surface area contributed by atoms with E-state index in [4.69, 9.17) is 0 Å². The lowest BCUT2D eigenvalue weighted by Crippen LogP contribution is -2.35. The molecule has 0 aliphatic rings. The first-order valence-corrected chi connectivity index (χ1v) is 9.68. The Morgan fingerprint density at radius 1 is 1.11 bits per heavy atom. The highest BCUT2D eigenvalue weighted by Crippen LogP contribution is 2.23. The SMILES string of the molecule is CCN(C(=O)Nc1cn(CC(C)C)c(=O)c2ccccc12)c1cccc(C)c1. The van der Waals surface area contributed by atoms with E-state index < -0.39 is 0 Å². The second kappa shape index (κ2) is 8.30. The van der Waals surface area contributed by atoms with Crippen molar-refractivity contribution in [2.24, 2.45) is 5.92 Å². The number of nitrogens with zero attached hydrogens (tertiary/aromatic N) is 2. The number of urea groups is 1. The minimum Gasteiger partial charge on any atom is -0.313 e. The molecule has 28 heavy (non-hydrogen) atoms. The number of rotatable bonds is 5. The van der Waals surface area contributed by atoms with Crippen molar-refractivity contribution < 1.29 is 4.79 Å². The van der Waals surface area contributed by atoms with E-state index in [-0.39, 0.29) is 11.6 Å². The molecule has 1 aromatic heterocycles. The summed E-state index contributed by atoms with van der Waals surface area (Å²) in [5.41, 5.74) is 2.56. The normalized spacial score (nSPS) is 11.0. The van der Waals surface area contributed by atoms with Crippen LogP contribution in [0.1, 0.15) is 26.3 Å². The Kier molecular flexibility index (Phi) is 5.83. The van der Waals surface area contributed by atoms with Crippen LogP contribution in [0, 0.1) is 12.8 Å². The summed E-state index contributed by atoms with van der Waals surface area (Å²) in [6.45, 7) is 9.22. The summed E-state index contributed by atoms with van der Waals surface area (Å²) in [6.07, 6.45) is 1.76. The summed E-state index contributed by atoms with van der Waals surface area (Å²) < 4.78 is 1.69. The molecule has 5 heteroatoms. The van der Waals surface area contributed by atoms with E-state index in [1.54, 1.807) is 15.7 Å². The van der Waals surface area contributed by atoms with Crippen LogP contribution in [0.4, 0.5) is 16.2 Å². The van der Waals surface area contributed by atoms with Crippen LogP contribution >= 0.6 is 0 Å². The molecule has 146 valence electrons. The van der Waals surface area contributed by atoms with Crippen molar-refractivity contribution in [3.05, 3.63) is 70.6 Å². The topological polar surface area (TPSA) is 54.3 Å². The van der Waals surface area contributed by atoms with Gasteiger partial charge in [0.2, 0.25) is 0 Å². The number of anilines is 2. The zero-order chi connectivity index (χ0) is 20.3. The van der Waals surface area contributed by atoms with Gasteiger partial charge in [-0.1, -0.05) is 44.2 Å². The lowest BCUT2D eigenvalue weighted by Gasteiger charge is -2.23. The summed E-state index contributed by atoms with van der Waals surface area (Å²) in [7, 11) is 0. The fraction of sp³-hybridized carbons (Fsp3) is 0.304. The van der Waals surface area contributed by atoms with Crippen LogP contribution in [0.3, 0.4) is 0 Å². The third kappa shape index (κ3) is 4.09. The molecule has 5 nitrogen and oxygen atoms in total. The van der Waals surface area contributed by atoms with E-state index in [0.29, 0.717) is 30.1 Å². The number of nitrogens with one attached hydrogen (secondary N) is 1. The molecular formula is C23H27N3O2. The zero-order valence-corrected chi connectivity index (χ0v) is 16.9. The number of aromatic nitrogens is 1. The van der Waals surface area contributed by atoms with E-state index in [1.165, 1.54) is 0 Å². The molecule has 3 aromatic rings. The molecule has 2 amide bonds. The number of pyridine rings is 1. The summed E-state index contributed by atoms with van der Waals surface area (Å²) >= 11 is 0. The quantitative estimate of drug-likeness (QED) is 0.678. The molecule has 0 fully saturated rings. The lowest BCUT2D eigenvalue weighted by molar-refractivity contribution is 0.257. The Hall–Kier alpha value is -3.08. The van der Waals surface area contributed by atoms with Gasteiger partial charge in [0.25, 0.3) is 5.56 Å². The van der Waals surface area contributed by atoms with Crippen LogP contribution in [-0.4, -0.2) is 17.1 Å². The molecule has 3 rings (SSSR count). The van der Waals surface area contributed by atoms with E-state index in [9.17, 15) is 9.59 Å². The van der Waals surface area contributed by atoms with Crippen molar-refractivity contribution in [2.45, 2.75) is 34.2 Å². The molecule has 0 aliphatic heterocycles. The van der Waals surface area contributed by atoms with Gasteiger partial charge < -0.3 is 9.88 Å². The van der Waals surface area contributed by atoms with E-state index in [2.05, 4.69) is 19.2 Å². The van der Waals surface area contributed by atoms with E-state index in [1.807, 2.05) is 62.4 Å². The molecule has 1 heterocycles. The molecule has 0 aliphatic carbocycles. The van der Waals surface area contributed by atoms with Gasteiger partial charge in [-0.3, -0.25) is 9.69 Å². The van der Waals surface area contributed by atoms with Gasteiger partial charge in [0.1, 0.15) is 0 Å². The molecule has 0 saturated heterocycles. The van der Waals surface area contributed by atoms with Gasteiger partial charge in [0, 0.05) is 35.7 Å². The number of benzene rings is 2. The average Bonchev–Trinajstić information content (AvgIpc) is 2.66. The molecule has 0 atom stereocenters. The Morgan fingerprint density at radius 3 is 2.46 bits per heavy atom. The first-order valence-electron chi connectivity index (χ1n) is 9.68. The predicted molar refractivity (Wildman–Crippen MR) is 116 cm³/mol. The van der Waals surface area contributed by atoms with E-state index in [0.717, 1.165) is 16.6 Å². The third-order valence-electron chi connectivity index (χ3n) is 4.67. The second-order valence-electron chi connectivity index (χ2n) is 7.45. The highest BCUT2D eigenvalue weighted by atomic mass is 16.2. The molecule has 0 saturated carbocycles. The minimum absolute atomic E-state index is 0.0340. The first-order chi connectivity index (χ1) is 13.4. The second-order valence-corrected chi connectivity index (χ2v) is 7.45. The van der Waals surface area contributed by atoms with Crippen molar-refractivity contribution in [3.8, 4) is 0 Å². The third-order valence-corrected chi connectivity index (χ3v) is 4.67. The summed E-state index contributed by atoms with van der Waals surface area (Å²) in [5, 5.41) is 4.38. The van der Waals surface area contributed by atoms with Crippen LogP contribution in [0.15, 0.2) is 59.5 Å². The summed E-state index contributed by atoms with van der Waals surface area (Å²) in [6, 6.07) is 15.0. The highest BCUT2D eigenvalue weighted by molar-refractivity contribution is 6.07. The number of aryl methyl sites for hydroxylation is 1. The summed E-state index contributed by atoms with van der Waals surface area (Å²) in [4.78, 5) is 27.5. The number of carbonyl (C=O) groups excluding carboxylic acids is 1. The Labute approximate surface area is 165 Å². The Bertz CT molecular complexity index is 1050. The fourth-order valence-electron chi connectivity index (χ4n) is 3.39. The van der Waals surface area contributed by atoms with E-state index >= 15 is 0 Å². The Morgan fingerprint density at radius 2 is 1.82 bits per heavy atom. The number of amides is 2. The van der Waals surface area contributed by atoms with Gasteiger partial charge in [0.15, 0.2) is 0 Å². The minimum atomic E-state index is -0.215. The average molecular weight is 377 g/mol. The van der Waals surface area contributed by atoms with Crippen molar-refractivity contribution in [2.75, 3.05) is 16.8 Å². The maximum Gasteiger partial charge on any atom is 0.326 e. The van der Waals surface area contributed by atoms with Gasteiger partial charge in [-0.2, -0.15) is 0 Å². The van der Waals surface area contributed by atoms with Gasteiger partial charge in [0.05, 0.1) is 5.69 Å². The smallest absolute Gasteiger partial charge is 0.313 e. The van der Waals surface area contributed by atoms with Gasteiger partial charge in [-0.25, -0.2) is 4.79 Å². The molecule has 0 spiro atoms. The highest BCUT2D eigenvalue weighted by Gasteiger charge is 2.17. The number of carbonyl (C=O) groups is 1. The van der Waals surface area contributed by atoms with Crippen LogP contribution in [0.25, 0.3) is 10.8 Å². The van der Waals surface area contributed by atoms with Gasteiger partial charge in [-0.05, 0) is 43.5 Å². The van der Waals surface area contributed by atoms with Crippen LogP contribution in [0.5, 0.6) is 0 Å². The van der Waals surface area contributed by atoms with Crippen molar-refractivity contribution >= 4 is 28.2 Å². The molecule has 2 aromatic carbocycles. The number of fused-ring (bicyclic) bond motifs is 1. The molecule has 1 N–H and O–H groups in total. The van der Waals surface area contributed by atoms with Crippen molar-refractivity contribution in [1.82, 2.24) is 4.57 Å². The molecule has 0 unspecified atom stereocenters. The first kappa shape index (κ1) is 19.7. The van der Waals surface area contributed by atoms with Crippen LogP contribution in [-0.2, 0) is 6.54 Å². The molecule has 0 radical (unpaired) electrons. The largest absolute Gasteiger partial charge is 0.326 e. The predicted octanol–water partition coefficient (Wildman–Crippen LogP) is 5.02. The van der Waals surface area contributed by atoms with Gasteiger partial charge in [-0.15, -0.1) is 0 Å². The maximum atomic E-state index is 13.0. The maximum absolute atomic E-state index is 13.0. The van der Waals surface area contributed by atoms with Gasteiger partial charge >= 0.3 is 6.03 Å². The van der Waals surface area contributed by atoms with Crippen LogP contribution in [0.2, 0.25) is 0 Å². The Balaban J connectivity index is 2.02. The van der Waals surface area contributed by atoms with Crippen LogP contribution < -0.4 is 15.8 Å². The fourth-order valence-corrected chi connectivity index (χ4v) is 3.39. The zero-order valence-electron chi connectivity index (χ0n) is 16.9. The van der Waals surface area contributed by atoms with Crippen molar-refractivity contribution in [1.29, 1.82) is 0 Å². The lowest BCUT2D eigenvalue weighted by atomic mass is 10.1. The summed E-state index contributed by atoms with van der Waals surface area (Å²) in [5.74, 6) is 0.321. The van der Waals surface area contributed by atoms with Crippen molar-refractivity contribution in [3.63, 3.8) is 0 Å². The monoisotopic (exact) mass is 377 g/mol. The number of hydrogen-bond acceptors (Lipinski definition) is 2. The number of hydrogen-bond donors (Lipinski definition) is 1. The standard InChI is InChI=1S/C23H27N3O2/c1-5-26(18-10-8-9-17(4)13-18)23(28)24-21-15-25(14-16(2)3)22(27)20-12-7-6-11-19(20)21/h6-13,15-16H,5,14H2,1-4H3,(H,24,28). The molecular weight excluding hydrogens is 350 g/mol.